The third-order valence-corrected chi connectivity index (χ3v) is 4.68. The number of nitrogens with zero attached hydrogens (tertiary/aromatic N) is 2. The Bertz CT molecular complexity index is 680. The molecule has 0 aliphatic carbocycles. The zero-order valence-corrected chi connectivity index (χ0v) is 17.5. The maximum atomic E-state index is 4.61. The van der Waals surface area contributed by atoms with Crippen LogP contribution in [-0.4, -0.2) is 37.3 Å². The predicted octanol–water partition coefficient (Wildman–Crippen LogP) is 6.16. The normalized spacial score (nSPS) is 11.7. The lowest BCUT2D eigenvalue weighted by Crippen LogP contribution is -2.20. The van der Waals surface area contributed by atoms with Gasteiger partial charge >= 0.3 is 0 Å². The van der Waals surface area contributed by atoms with E-state index in [9.17, 15) is 0 Å². The molecular formula is C24H36N2. The van der Waals surface area contributed by atoms with Crippen LogP contribution < -0.4 is 0 Å². The molecular weight excluding hydrogens is 316 g/mol. The molecule has 1 aromatic carbocycles. The first-order valence-corrected chi connectivity index (χ1v) is 9.61. The summed E-state index contributed by atoms with van der Waals surface area (Å²) in [5.41, 5.74) is 8.13. The van der Waals surface area contributed by atoms with Crippen LogP contribution in [0.4, 0.5) is 0 Å². The maximum Gasteiger partial charge on any atom is 0.0571 e. The smallest absolute Gasteiger partial charge is 0.0571 e. The molecule has 1 aromatic rings. The third-order valence-electron chi connectivity index (χ3n) is 4.68. The monoisotopic (exact) mass is 352 g/mol. The molecule has 0 atom stereocenters. The van der Waals surface area contributed by atoms with Crippen LogP contribution in [0.5, 0.6) is 0 Å². The largest absolute Gasteiger partial charge is 0.306 e. The molecule has 0 aromatic heterocycles. The molecule has 0 bridgehead atoms. The highest BCUT2D eigenvalue weighted by Gasteiger charge is 2.12. The summed E-state index contributed by atoms with van der Waals surface area (Å²) in [6.45, 7) is 23.7. The zero-order chi connectivity index (χ0) is 19.7. The van der Waals surface area contributed by atoms with E-state index in [4.69, 9.17) is 0 Å². The Labute approximate surface area is 161 Å². The van der Waals surface area contributed by atoms with Crippen molar-refractivity contribution in [3.63, 3.8) is 0 Å². The van der Waals surface area contributed by atoms with Gasteiger partial charge in [0.05, 0.1) is 6.54 Å². The fourth-order valence-corrected chi connectivity index (χ4v) is 3.22. The summed E-state index contributed by atoms with van der Waals surface area (Å²) in [6, 6.07) is 4.48. The van der Waals surface area contributed by atoms with Gasteiger partial charge in [0.15, 0.2) is 0 Å². The van der Waals surface area contributed by atoms with Crippen LogP contribution in [0, 0.1) is 6.92 Å². The summed E-state index contributed by atoms with van der Waals surface area (Å²) in [5.74, 6) is 0. The van der Waals surface area contributed by atoms with Gasteiger partial charge in [-0.3, -0.25) is 4.99 Å². The summed E-state index contributed by atoms with van der Waals surface area (Å²) in [5, 5.41) is 0. The molecule has 0 saturated carbocycles. The van der Waals surface area contributed by atoms with Crippen LogP contribution in [-0.2, 0) is 0 Å². The van der Waals surface area contributed by atoms with Crippen LogP contribution >= 0.6 is 0 Å². The number of aryl methyl sites for hydroxylation is 1. The molecule has 0 aliphatic heterocycles. The Kier molecular flexibility index (Phi) is 9.29. The van der Waals surface area contributed by atoms with Crippen molar-refractivity contribution in [1.29, 1.82) is 0 Å². The van der Waals surface area contributed by atoms with Crippen LogP contribution in [0.25, 0.3) is 11.1 Å². The second-order valence-corrected chi connectivity index (χ2v) is 7.22. The molecule has 0 N–H and O–H groups in total. The fourth-order valence-electron chi connectivity index (χ4n) is 3.22. The Morgan fingerprint density at radius 2 is 1.81 bits per heavy atom. The minimum Gasteiger partial charge on any atom is -0.306 e. The first-order chi connectivity index (χ1) is 12.3. The maximum absolute atomic E-state index is 4.61. The Balaban J connectivity index is 3.06. The molecule has 0 fully saturated rings. The SMILES string of the molecule is C=CCN=C(C)c1cc(C(=C)CCCN(C)CCC)c(C)cc1C(=C)C. The minimum atomic E-state index is 0.634. The molecule has 1 rings (SSSR count). The van der Waals surface area contributed by atoms with Crippen LogP contribution in [0.15, 0.2) is 42.9 Å². The van der Waals surface area contributed by atoms with E-state index in [0.717, 1.165) is 42.8 Å². The van der Waals surface area contributed by atoms with E-state index in [-0.39, 0.29) is 0 Å². The predicted molar refractivity (Wildman–Crippen MR) is 119 cm³/mol. The summed E-state index contributed by atoms with van der Waals surface area (Å²) >= 11 is 0. The van der Waals surface area contributed by atoms with Crippen molar-refractivity contribution in [2.75, 3.05) is 26.7 Å². The molecule has 142 valence electrons. The number of benzene rings is 1. The summed E-state index contributed by atoms with van der Waals surface area (Å²) < 4.78 is 0. The van der Waals surface area contributed by atoms with Crippen molar-refractivity contribution in [2.45, 2.75) is 47.0 Å². The average Bonchev–Trinajstić information content (AvgIpc) is 2.59. The minimum absolute atomic E-state index is 0.634. The molecule has 0 radical (unpaired) electrons. The Morgan fingerprint density at radius 1 is 1.12 bits per heavy atom. The summed E-state index contributed by atoms with van der Waals surface area (Å²) in [4.78, 5) is 7.00. The van der Waals surface area contributed by atoms with Gasteiger partial charge in [0, 0.05) is 11.3 Å². The average molecular weight is 353 g/mol. The lowest BCUT2D eigenvalue weighted by Gasteiger charge is -2.18. The molecule has 0 spiro atoms. The van der Waals surface area contributed by atoms with Gasteiger partial charge in [-0.1, -0.05) is 37.8 Å². The summed E-state index contributed by atoms with van der Waals surface area (Å²) in [7, 11) is 2.19. The molecule has 0 aliphatic rings. The molecule has 0 unspecified atom stereocenters. The zero-order valence-electron chi connectivity index (χ0n) is 17.5. The van der Waals surface area contributed by atoms with E-state index in [1.807, 2.05) is 6.08 Å². The van der Waals surface area contributed by atoms with Crippen LogP contribution in [0.2, 0.25) is 0 Å². The lowest BCUT2D eigenvalue weighted by atomic mass is 9.89. The van der Waals surface area contributed by atoms with Crippen molar-refractivity contribution >= 4 is 16.9 Å². The first kappa shape index (κ1) is 22.1. The molecule has 0 saturated heterocycles. The van der Waals surface area contributed by atoms with E-state index in [1.165, 1.54) is 28.7 Å². The standard InChI is InChI=1S/C24H36N2/c1-9-13-25-21(7)24-17-23(20(6)16-22(24)18(3)4)19(5)12-11-15-26(8)14-10-2/h9,16-17H,1,3,5,10-15H2,2,4,6-8H3. The van der Waals surface area contributed by atoms with E-state index in [1.54, 1.807) is 0 Å². The highest BCUT2D eigenvalue weighted by Crippen LogP contribution is 2.28. The number of rotatable bonds is 11. The van der Waals surface area contributed by atoms with Crippen molar-refractivity contribution in [2.24, 2.45) is 4.99 Å². The van der Waals surface area contributed by atoms with Gasteiger partial charge in [0.2, 0.25) is 0 Å². The number of allylic oxidation sites excluding steroid dienone is 2. The fraction of sp³-hybridized carbons (Fsp3) is 0.458. The quantitative estimate of drug-likeness (QED) is 0.344. The van der Waals surface area contributed by atoms with Gasteiger partial charge in [-0.05, 0) is 88.5 Å². The van der Waals surface area contributed by atoms with Crippen LogP contribution in [0.1, 0.15) is 62.3 Å². The number of hydrogen-bond donors (Lipinski definition) is 0. The third kappa shape index (κ3) is 6.42. The van der Waals surface area contributed by atoms with Crippen LogP contribution in [0.3, 0.4) is 0 Å². The Hall–Kier alpha value is -1.93. The topological polar surface area (TPSA) is 15.6 Å². The summed E-state index contributed by atoms with van der Waals surface area (Å²) in [6.07, 6.45) is 5.18. The Morgan fingerprint density at radius 3 is 2.38 bits per heavy atom. The van der Waals surface area contributed by atoms with Gasteiger partial charge in [-0.2, -0.15) is 0 Å². The molecule has 0 heterocycles. The van der Waals surface area contributed by atoms with Gasteiger partial charge < -0.3 is 4.90 Å². The highest BCUT2D eigenvalue weighted by molar-refractivity contribution is 6.03. The van der Waals surface area contributed by atoms with E-state index in [2.05, 4.69) is 76.5 Å². The number of aliphatic imine (C=N–C) groups is 1. The van der Waals surface area contributed by atoms with E-state index >= 15 is 0 Å². The first-order valence-electron chi connectivity index (χ1n) is 9.61. The lowest BCUT2D eigenvalue weighted by molar-refractivity contribution is 0.332. The van der Waals surface area contributed by atoms with Crippen molar-refractivity contribution < 1.29 is 0 Å². The van der Waals surface area contributed by atoms with Gasteiger partial charge in [0.25, 0.3) is 0 Å². The molecule has 26 heavy (non-hydrogen) atoms. The second-order valence-electron chi connectivity index (χ2n) is 7.22. The van der Waals surface area contributed by atoms with E-state index in [0.29, 0.717) is 6.54 Å². The van der Waals surface area contributed by atoms with Crippen molar-refractivity contribution in [1.82, 2.24) is 4.90 Å². The van der Waals surface area contributed by atoms with Gasteiger partial charge in [-0.15, -0.1) is 6.58 Å². The highest BCUT2D eigenvalue weighted by atomic mass is 15.1. The second kappa shape index (κ2) is 10.9. The molecule has 2 heteroatoms. The molecule has 0 amide bonds. The van der Waals surface area contributed by atoms with E-state index < -0.39 is 0 Å². The van der Waals surface area contributed by atoms with Gasteiger partial charge in [0.1, 0.15) is 0 Å². The van der Waals surface area contributed by atoms with Crippen molar-refractivity contribution in [3.05, 3.63) is 60.2 Å². The van der Waals surface area contributed by atoms with Crippen molar-refractivity contribution in [3.8, 4) is 0 Å². The van der Waals surface area contributed by atoms with Gasteiger partial charge in [-0.25, -0.2) is 0 Å². The number of hydrogen-bond acceptors (Lipinski definition) is 2. The molecule has 2 nitrogen and oxygen atoms in total.